The first-order valence-electron chi connectivity index (χ1n) is 9.98. The molecule has 0 saturated carbocycles. The number of thioether (sulfide) groups is 1. The summed E-state index contributed by atoms with van der Waals surface area (Å²) in [5.74, 6) is -2.44. The Morgan fingerprint density at radius 3 is 2.62 bits per heavy atom. The fourth-order valence-electron chi connectivity index (χ4n) is 3.98. The Hall–Kier alpha value is -2.79. The van der Waals surface area contributed by atoms with Gasteiger partial charge < -0.3 is 19.6 Å². The maximum atomic E-state index is 13.2. The van der Waals surface area contributed by atoms with Gasteiger partial charge in [-0.05, 0) is 23.6 Å². The standard InChI is InChI=1S/C21H22N2O7S2/c1-9(2)8-30-11-5-4-10(6-12(11)29-3)14-15-17(31-18-16(14)32-21(28)22-18)20(27)23(19(15)26)7-13(24)25/h4-6,9,14-15,17H,7-8H2,1-3H3,(H,22,28)(H,24,25)/t14-,15?,17?/m0/s1. The number of carboxylic acid groups (broad SMARTS) is 1. The average Bonchev–Trinajstić information content (AvgIpc) is 3.22. The number of methoxy groups -OCH3 is 1. The number of hydrogen-bond donors (Lipinski definition) is 2. The Morgan fingerprint density at radius 1 is 1.22 bits per heavy atom. The lowest BCUT2D eigenvalue weighted by Gasteiger charge is -2.30. The minimum absolute atomic E-state index is 0.279. The van der Waals surface area contributed by atoms with Crippen molar-refractivity contribution in [2.45, 2.75) is 30.0 Å². The van der Waals surface area contributed by atoms with Crippen LogP contribution in [-0.4, -0.2) is 58.3 Å². The van der Waals surface area contributed by atoms with Crippen LogP contribution in [0.4, 0.5) is 0 Å². The Labute approximate surface area is 191 Å². The second-order valence-corrected chi connectivity index (χ2v) is 10.2. The zero-order chi connectivity index (χ0) is 23.2. The molecule has 1 aromatic carbocycles. The zero-order valence-corrected chi connectivity index (χ0v) is 19.2. The number of fused-ring (bicyclic) bond motifs is 2. The lowest BCUT2D eigenvalue weighted by molar-refractivity contribution is -0.149. The topological polar surface area (TPSA) is 126 Å². The molecule has 2 N–H and O–H groups in total. The van der Waals surface area contributed by atoms with Gasteiger partial charge in [-0.2, -0.15) is 0 Å². The number of nitrogens with one attached hydrogen (secondary N) is 1. The van der Waals surface area contributed by atoms with E-state index in [9.17, 15) is 19.2 Å². The molecule has 0 bridgehead atoms. The highest BCUT2D eigenvalue weighted by atomic mass is 32.2. The molecular weight excluding hydrogens is 456 g/mol. The molecule has 170 valence electrons. The first-order valence-corrected chi connectivity index (χ1v) is 11.7. The largest absolute Gasteiger partial charge is 0.493 e. The maximum absolute atomic E-state index is 13.2. The second-order valence-electron chi connectivity index (χ2n) is 8.02. The van der Waals surface area contributed by atoms with Gasteiger partial charge in [0.25, 0.3) is 0 Å². The number of carbonyl (C=O) groups is 3. The number of ether oxygens (including phenoxy) is 2. The second kappa shape index (κ2) is 8.62. The molecule has 0 spiro atoms. The van der Waals surface area contributed by atoms with Crippen molar-refractivity contribution in [2.24, 2.45) is 11.8 Å². The van der Waals surface area contributed by atoms with Crippen LogP contribution in [-0.2, 0) is 14.4 Å². The Bertz CT molecular complexity index is 1140. The van der Waals surface area contributed by atoms with E-state index in [-0.39, 0.29) is 4.87 Å². The van der Waals surface area contributed by atoms with Gasteiger partial charge in [0.2, 0.25) is 11.8 Å². The van der Waals surface area contributed by atoms with E-state index in [1.54, 1.807) is 18.2 Å². The van der Waals surface area contributed by atoms with Gasteiger partial charge in [-0.3, -0.25) is 24.1 Å². The van der Waals surface area contributed by atoms with Crippen LogP contribution >= 0.6 is 23.1 Å². The summed E-state index contributed by atoms with van der Waals surface area (Å²) in [5.41, 5.74) is 0.684. The highest BCUT2D eigenvalue weighted by molar-refractivity contribution is 8.00. The molecule has 2 aliphatic heterocycles. The third kappa shape index (κ3) is 3.90. The number of hydrogen-bond acceptors (Lipinski definition) is 8. The number of benzene rings is 1. The van der Waals surface area contributed by atoms with Crippen molar-refractivity contribution >= 4 is 40.9 Å². The third-order valence-electron chi connectivity index (χ3n) is 5.33. The summed E-state index contributed by atoms with van der Waals surface area (Å²) in [6, 6.07) is 5.29. The number of aromatic amines is 1. The molecule has 2 aliphatic rings. The summed E-state index contributed by atoms with van der Waals surface area (Å²) in [5, 5.41) is 8.87. The summed E-state index contributed by atoms with van der Waals surface area (Å²) < 4.78 is 11.3. The van der Waals surface area contributed by atoms with E-state index in [0.29, 0.717) is 39.5 Å². The molecule has 4 rings (SSSR count). The van der Waals surface area contributed by atoms with Crippen molar-refractivity contribution < 1.29 is 29.0 Å². The van der Waals surface area contributed by atoms with Crippen LogP contribution in [0.2, 0.25) is 0 Å². The summed E-state index contributed by atoms with van der Waals surface area (Å²) in [4.78, 5) is 53.3. The molecule has 1 fully saturated rings. The Kier molecular flexibility index (Phi) is 6.04. The summed E-state index contributed by atoms with van der Waals surface area (Å²) in [7, 11) is 1.51. The summed E-state index contributed by atoms with van der Waals surface area (Å²) in [6.45, 7) is 3.87. The van der Waals surface area contributed by atoms with Gasteiger partial charge in [-0.1, -0.05) is 43.0 Å². The van der Waals surface area contributed by atoms with Crippen molar-refractivity contribution in [3.05, 3.63) is 38.3 Å². The number of carbonyl (C=O) groups excluding carboxylic acids is 2. The van der Waals surface area contributed by atoms with Gasteiger partial charge in [0.05, 0.1) is 24.7 Å². The van der Waals surface area contributed by atoms with Crippen molar-refractivity contribution in [1.82, 2.24) is 9.88 Å². The van der Waals surface area contributed by atoms with Crippen LogP contribution in [0.3, 0.4) is 0 Å². The Morgan fingerprint density at radius 2 is 1.97 bits per heavy atom. The fraction of sp³-hybridized carbons (Fsp3) is 0.429. The van der Waals surface area contributed by atoms with E-state index in [4.69, 9.17) is 14.6 Å². The highest BCUT2D eigenvalue weighted by Gasteiger charge is 2.56. The Balaban J connectivity index is 1.79. The molecule has 0 radical (unpaired) electrons. The van der Waals surface area contributed by atoms with Gasteiger partial charge in [0.1, 0.15) is 11.8 Å². The van der Waals surface area contributed by atoms with Crippen molar-refractivity contribution in [1.29, 1.82) is 0 Å². The van der Waals surface area contributed by atoms with E-state index in [0.717, 1.165) is 28.0 Å². The number of likely N-dealkylation sites (tertiary alicyclic amines) is 1. The third-order valence-corrected chi connectivity index (χ3v) is 7.73. The average molecular weight is 479 g/mol. The molecule has 2 unspecified atom stereocenters. The van der Waals surface area contributed by atoms with Crippen LogP contribution in [0.15, 0.2) is 28.0 Å². The monoisotopic (exact) mass is 478 g/mol. The van der Waals surface area contributed by atoms with Crippen LogP contribution in [0.5, 0.6) is 11.5 Å². The minimum Gasteiger partial charge on any atom is -0.493 e. The molecule has 1 aromatic heterocycles. The number of H-pyrrole nitrogens is 1. The number of thiazole rings is 1. The number of imide groups is 1. The van der Waals surface area contributed by atoms with Crippen LogP contribution < -0.4 is 14.3 Å². The van der Waals surface area contributed by atoms with E-state index in [2.05, 4.69) is 4.98 Å². The van der Waals surface area contributed by atoms with Crippen LogP contribution in [0, 0.1) is 11.8 Å². The van der Waals surface area contributed by atoms with E-state index in [1.807, 2.05) is 13.8 Å². The minimum atomic E-state index is -1.26. The molecule has 1 saturated heterocycles. The molecule has 9 nitrogen and oxygen atoms in total. The normalized spacial score (nSPS) is 22.1. The van der Waals surface area contributed by atoms with E-state index >= 15 is 0 Å². The van der Waals surface area contributed by atoms with Crippen molar-refractivity contribution in [3.8, 4) is 11.5 Å². The SMILES string of the molecule is COc1cc([C@@H]2c3sc(=O)[nH]c3SC3C(=O)N(CC(=O)O)C(=O)C32)ccc1OCC(C)C. The summed E-state index contributed by atoms with van der Waals surface area (Å²) in [6.07, 6.45) is 0. The van der Waals surface area contributed by atoms with Gasteiger partial charge in [-0.25, -0.2) is 0 Å². The first-order chi connectivity index (χ1) is 15.2. The predicted octanol–water partition coefficient (Wildman–Crippen LogP) is 2.16. The fourth-order valence-corrected chi connectivity index (χ4v) is 6.51. The van der Waals surface area contributed by atoms with Gasteiger partial charge in [-0.15, -0.1) is 0 Å². The number of aliphatic carboxylic acids is 1. The zero-order valence-electron chi connectivity index (χ0n) is 17.6. The van der Waals surface area contributed by atoms with Gasteiger partial charge in [0.15, 0.2) is 11.5 Å². The van der Waals surface area contributed by atoms with E-state index in [1.165, 1.54) is 7.11 Å². The molecule has 32 heavy (non-hydrogen) atoms. The summed E-state index contributed by atoms with van der Waals surface area (Å²) >= 11 is 2.10. The smallest absolute Gasteiger partial charge is 0.323 e. The number of aromatic nitrogens is 1. The first kappa shape index (κ1) is 22.4. The van der Waals surface area contributed by atoms with Crippen LogP contribution in [0.25, 0.3) is 0 Å². The molecule has 3 atom stereocenters. The number of rotatable bonds is 7. The van der Waals surface area contributed by atoms with Gasteiger partial charge >= 0.3 is 10.8 Å². The lowest BCUT2D eigenvalue weighted by Crippen LogP contribution is -2.36. The number of nitrogens with zero attached hydrogens (tertiary/aromatic N) is 1. The van der Waals surface area contributed by atoms with Crippen LogP contribution in [0.1, 0.15) is 30.2 Å². The lowest BCUT2D eigenvalue weighted by atomic mass is 9.83. The quantitative estimate of drug-likeness (QED) is 0.580. The molecule has 3 heterocycles. The molecule has 2 amide bonds. The number of carboxylic acids is 1. The highest BCUT2D eigenvalue weighted by Crippen LogP contribution is 2.53. The number of amides is 2. The molecule has 0 aliphatic carbocycles. The predicted molar refractivity (Wildman–Crippen MR) is 118 cm³/mol. The molecular formula is C21H22N2O7S2. The molecule has 11 heteroatoms. The van der Waals surface area contributed by atoms with Crippen molar-refractivity contribution in [3.63, 3.8) is 0 Å². The van der Waals surface area contributed by atoms with Gasteiger partial charge in [0, 0.05) is 10.8 Å². The molecule has 2 aromatic rings. The van der Waals surface area contributed by atoms with E-state index < -0.39 is 41.4 Å². The van der Waals surface area contributed by atoms with Crippen molar-refractivity contribution in [2.75, 3.05) is 20.3 Å². The maximum Gasteiger partial charge on any atom is 0.323 e.